The maximum absolute atomic E-state index is 12.6. The summed E-state index contributed by atoms with van der Waals surface area (Å²) in [6.07, 6.45) is -1.17. The molecule has 0 aliphatic rings. The first-order valence-electron chi connectivity index (χ1n) is 8.77. The topological polar surface area (TPSA) is 77.5 Å². The van der Waals surface area contributed by atoms with Crippen LogP contribution in [0, 0.1) is 6.92 Å². The van der Waals surface area contributed by atoms with E-state index in [1.54, 1.807) is 43.3 Å². The van der Waals surface area contributed by atoms with E-state index in [-0.39, 0.29) is 17.0 Å². The Hall–Kier alpha value is -3.55. The van der Waals surface area contributed by atoms with Crippen molar-refractivity contribution in [3.8, 4) is 5.75 Å². The van der Waals surface area contributed by atoms with Gasteiger partial charge in [-0.2, -0.15) is 8.78 Å². The minimum Gasteiger partial charge on any atom is -0.449 e. The zero-order chi connectivity index (χ0) is 21.0. The van der Waals surface area contributed by atoms with Crippen LogP contribution < -0.4 is 10.1 Å². The molecule has 3 aromatic rings. The maximum Gasteiger partial charge on any atom is 0.387 e. The molecule has 1 amide bonds. The van der Waals surface area contributed by atoms with Crippen molar-refractivity contribution in [3.05, 3.63) is 65.9 Å². The van der Waals surface area contributed by atoms with Crippen molar-refractivity contribution < 1.29 is 27.8 Å². The summed E-state index contributed by atoms with van der Waals surface area (Å²) >= 11 is 0. The highest BCUT2D eigenvalue weighted by Crippen LogP contribution is 2.26. The minimum absolute atomic E-state index is 0.0471. The van der Waals surface area contributed by atoms with Crippen LogP contribution in [0.3, 0.4) is 0 Å². The molecule has 0 saturated heterocycles. The lowest BCUT2D eigenvalue weighted by molar-refractivity contribution is -0.123. The summed E-state index contributed by atoms with van der Waals surface area (Å²) in [6, 6.07) is 14.4. The van der Waals surface area contributed by atoms with Crippen LogP contribution in [0.15, 0.2) is 54.6 Å². The van der Waals surface area contributed by atoms with Gasteiger partial charge >= 0.3 is 12.6 Å². The standard InChI is InChI=1S/C21H18F2N2O4/c1-12-11-15(14-7-3-4-8-16(14)24-12)20(27)28-13(2)19(26)25-17-9-5-6-10-18(17)29-21(22)23/h3-11,13,21H,1-2H3,(H,25,26)/t13-/m1/s1. The molecule has 1 atom stereocenters. The van der Waals surface area contributed by atoms with E-state index in [2.05, 4.69) is 15.0 Å². The number of rotatable bonds is 6. The monoisotopic (exact) mass is 400 g/mol. The molecule has 3 rings (SSSR count). The Morgan fingerprint density at radius 3 is 2.52 bits per heavy atom. The van der Waals surface area contributed by atoms with Gasteiger partial charge in [0.2, 0.25) is 0 Å². The van der Waals surface area contributed by atoms with E-state index >= 15 is 0 Å². The second-order valence-electron chi connectivity index (χ2n) is 6.24. The fraction of sp³-hybridized carbons (Fsp3) is 0.190. The Kier molecular flexibility index (Phi) is 6.01. The molecule has 0 spiro atoms. The van der Waals surface area contributed by atoms with Crippen molar-refractivity contribution in [2.45, 2.75) is 26.6 Å². The van der Waals surface area contributed by atoms with Crippen molar-refractivity contribution in [3.63, 3.8) is 0 Å². The highest BCUT2D eigenvalue weighted by Gasteiger charge is 2.22. The lowest BCUT2D eigenvalue weighted by Gasteiger charge is -2.16. The number of alkyl halides is 2. The van der Waals surface area contributed by atoms with E-state index in [1.807, 2.05) is 0 Å². The van der Waals surface area contributed by atoms with E-state index in [9.17, 15) is 18.4 Å². The number of aromatic nitrogens is 1. The van der Waals surface area contributed by atoms with Gasteiger partial charge in [-0.3, -0.25) is 9.78 Å². The number of esters is 1. The summed E-state index contributed by atoms with van der Waals surface area (Å²) in [5.41, 5.74) is 1.60. The number of nitrogens with zero attached hydrogens (tertiary/aromatic N) is 1. The van der Waals surface area contributed by atoms with Crippen LogP contribution in [0.5, 0.6) is 5.75 Å². The van der Waals surface area contributed by atoms with Crippen molar-refractivity contribution in [2.75, 3.05) is 5.32 Å². The number of anilines is 1. The fourth-order valence-corrected chi connectivity index (χ4v) is 2.76. The molecule has 150 valence electrons. The van der Waals surface area contributed by atoms with E-state index in [0.29, 0.717) is 16.6 Å². The number of aryl methyl sites for hydroxylation is 1. The van der Waals surface area contributed by atoms with Crippen LogP contribution in [-0.2, 0) is 9.53 Å². The first kappa shape index (κ1) is 20.2. The number of ether oxygens (including phenoxy) is 2. The molecule has 1 aromatic heterocycles. The summed E-state index contributed by atoms with van der Waals surface area (Å²) in [5.74, 6) is -1.56. The number of benzene rings is 2. The number of pyridine rings is 1. The zero-order valence-electron chi connectivity index (χ0n) is 15.7. The van der Waals surface area contributed by atoms with Gasteiger partial charge in [0.15, 0.2) is 6.10 Å². The Labute approximate surface area is 165 Å². The third-order valence-electron chi connectivity index (χ3n) is 4.08. The van der Waals surface area contributed by atoms with Crippen LogP contribution >= 0.6 is 0 Å². The quantitative estimate of drug-likeness (QED) is 0.623. The van der Waals surface area contributed by atoms with E-state index < -0.39 is 24.6 Å². The molecule has 0 saturated carbocycles. The summed E-state index contributed by atoms with van der Waals surface area (Å²) in [7, 11) is 0. The van der Waals surface area contributed by atoms with Crippen LogP contribution in [0.4, 0.5) is 14.5 Å². The van der Waals surface area contributed by atoms with Crippen molar-refractivity contribution in [1.29, 1.82) is 0 Å². The number of para-hydroxylation sites is 3. The van der Waals surface area contributed by atoms with Crippen LogP contribution in [0.1, 0.15) is 23.0 Å². The second-order valence-corrected chi connectivity index (χ2v) is 6.24. The maximum atomic E-state index is 12.6. The summed E-state index contributed by atoms with van der Waals surface area (Å²) in [6.45, 7) is 0.103. The highest BCUT2D eigenvalue weighted by atomic mass is 19.3. The molecule has 8 heteroatoms. The molecule has 0 bridgehead atoms. The van der Waals surface area contributed by atoms with Gasteiger partial charge in [-0.25, -0.2) is 4.79 Å². The lowest BCUT2D eigenvalue weighted by atomic mass is 10.1. The third kappa shape index (κ3) is 4.84. The summed E-state index contributed by atoms with van der Waals surface area (Å²) in [5, 5.41) is 3.04. The third-order valence-corrected chi connectivity index (χ3v) is 4.08. The number of carbonyl (C=O) groups excluding carboxylic acids is 2. The SMILES string of the molecule is Cc1cc(C(=O)O[C@H](C)C(=O)Nc2ccccc2OC(F)F)c2ccccc2n1. The number of hydrogen-bond acceptors (Lipinski definition) is 5. The number of carbonyl (C=O) groups is 2. The summed E-state index contributed by atoms with van der Waals surface area (Å²) in [4.78, 5) is 29.4. The zero-order valence-corrected chi connectivity index (χ0v) is 15.7. The average Bonchev–Trinajstić information content (AvgIpc) is 2.68. The second kappa shape index (κ2) is 8.64. The Morgan fingerprint density at radius 1 is 1.07 bits per heavy atom. The van der Waals surface area contributed by atoms with Gasteiger partial charge in [-0.05, 0) is 38.1 Å². The molecule has 1 N–H and O–H groups in total. The number of hydrogen-bond donors (Lipinski definition) is 1. The first-order valence-corrected chi connectivity index (χ1v) is 8.77. The molecular formula is C21H18F2N2O4. The lowest BCUT2D eigenvalue weighted by Crippen LogP contribution is -2.30. The predicted molar refractivity (Wildman–Crippen MR) is 103 cm³/mol. The Balaban J connectivity index is 1.75. The molecule has 29 heavy (non-hydrogen) atoms. The van der Waals surface area contributed by atoms with Gasteiger partial charge in [0, 0.05) is 11.1 Å². The fourth-order valence-electron chi connectivity index (χ4n) is 2.76. The molecule has 1 heterocycles. The van der Waals surface area contributed by atoms with Gasteiger partial charge in [0.1, 0.15) is 5.75 Å². The molecular weight excluding hydrogens is 382 g/mol. The number of nitrogens with one attached hydrogen (secondary N) is 1. The van der Waals surface area contributed by atoms with Crippen molar-refractivity contribution >= 4 is 28.5 Å². The predicted octanol–water partition coefficient (Wildman–Crippen LogP) is 4.33. The minimum atomic E-state index is -3.04. The highest BCUT2D eigenvalue weighted by molar-refractivity contribution is 6.05. The first-order chi connectivity index (χ1) is 13.8. The number of fused-ring (bicyclic) bond motifs is 1. The Bertz CT molecular complexity index is 1060. The van der Waals surface area contributed by atoms with E-state index in [1.165, 1.54) is 25.1 Å². The number of halogens is 2. The molecule has 6 nitrogen and oxygen atoms in total. The van der Waals surface area contributed by atoms with Gasteiger partial charge in [0.25, 0.3) is 5.91 Å². The molecule has 0 aliphatic heterocycles. The Morgan fingerprint density at radius 2 is 1.76 bits per heavy atom. The molecule has 0 fully saturated rings. The van der Waals surface area contributed by atoms with Gasteiger partial charge in [-0.1, -0.05) is 30.3 Å². The van der Waals surface area contributed by atoms with Crippen LogP contribution in [0.25, 0.3) is 10.9 Å². The van der Waals surface area contributed by atoms with E-state index in [4.69, 9.17) is 4.74 Å². The van der Waals surface area contributed by atoms with Gasteiger partial charge in [0.05, 0.1) is 16.8 Å². The molecule has 0 radical (unpaired) electrons. The molecule has 0 unspecified atom stereocenters. The largest absolute Gasteiger partial charge is 0.449 e. The van der Waals surface area contributed by atoms with Gasteiger partial charge in [-0.15, -0.1) is 0 Å². The average molecular weight is 400 g/mol. The molecule has 0 aliphatic carbocycles. The van der Waals surface area contributed by atoms with Crippen molar-refractivity contribution in [2.24, 2.45) is 0 Å². The summed E-state index contributed by atoms with van der Waals surface area (Å²) < 4.78 is 34.7. The van der Waals surface area contributed by atoms with Gasteiger partial charge < -0.3 is 14.8 Å². The molecule has 2 aromatic carbocycles. The van der Waals surface area contributed by atoms with E-state index in [0.717, 1.165) is 0 Å². The van der Waals surface area contributed by atoms with Crippen molar-refractivity contribution in [1.82, 2.24) is 4.98 Å². The smallest absolute Gasteiger partial charge is 0.387 e. The normalized spacial score (nSPS) is 11.9. The van der Waals surface area contributed by atoms with Crippen LogP contribution in [-0.4, -0.2) is 29.6 Å². The van der Waals surface area contributed by atoms with Crippen LogP contribution in [0.2, 0.25) is 0 Å². The number of amides is 1.